The highest BCUT2D eigenvalue weighted by molar-refractivity contribution is 6.37. The number of hydrogen-bond acceptors (Lipinski definition) is 2. The Kier molecular flexibility index (Phi) is 6.06. The molecule has 0 aliphatic carbocycles. The molecular formula is C22H13Cl2F3N2O. The molecule has 0 spiro atoms. The zero-order chi connectivity index (χ0) is 22.1. The molecule has 3 nitrogen and oxygen atoms in total. The van der Waals surface area contributed by atoms with Crippen LogP contribution < -0.4 is 0 Å². The average Bonchev–Trinajstić information content (AvgIpc) is 3.05. The Morgan fingerprint density at radius 1 is 1.10 bits per heavy atom. The van der Waals surface area contributed by atoms with Crippen LogP contribution in [0.3, 0.4) is 0 Å². The lowest BCUT2D eigenvalue weighted by atomic mass is 10.0. The van der Waals surface area contributed by atoms with Crippen LogP contribution in [-0.2, 0) is 13.2 Å². The lowest BCUT2D eigenvalue weighted by molar-refractivity contribution is -0.137. The van der Waals surface area contributed by atoms with Crippen molar-refractivity contribution in [2.75, 3.05) is 0 Å². The van der Waals surface area contributed by atoms with Crippen LogP contribution in [0.25, 0.3) is 11.6 Å². The van der Waals surface area contributed by atoms with Gasteiger partial charge < -0.3 is 4.57 Å². The molecule has 3 aromatic rings. The molecule has 8 heteroatoms. The Labute approximate surface area is 180 Å². The number of allylic oxidation sites excluding steroid dienone is 1. The summed E-state index contributed by atoms with van der Waals surface area (Å²) in [6.07, 6.45) is -1.53. The molecule has 0 saturated heterocycles. The van der Waals surface area contributed by atoms with Gasteiger partial charge in [-0.3, -0.25) is 4.79 Å². The van der Waals surface area contributed by atoms with Crippen LogP contribution in [-0.4, -0.2) is 10.4 Å². The fraction of sp³-hybridized carbons (Fsp3) is 0.0909. The summed E-state index contributed by atoms with van der Waals surface area (Å²) in [6, 6.07) is 12.5. The third kappa shape index (κ3) is 4.59. The van der Waals surface area contributed by atoms with Crippen molar-refractivity contribution in [2.24, 2.45) is 7.05 Å². The number of carbonyl (C=O) groups is 1. The highest BCUT2D eigenvalue weighted by Crippen LogP contribution is 2.31. The van der Waals surface area contributed by atoms with Crippen LogP contribution >= 0.6 is 23.2 Å². The van der Waals surface area contributed by atoms with Crippen LogP contribution in [0, 0.1) is 11.3 Å². The van der Waals surface area contributed by atoms with E-state index in [1.165, 1.54) is 36.4 Å². The number of nitrogens with zero attached hydrogens (tertiary/aromatic N) is 2. The van der Waals surface area contributed by atoms with Crippen LogP contribution in [0.15, 0.2) is 54.7 Å². The van der Waals surface area contributed by atoms with E-state index in [9.17, 15) is 23.2 Å². The summed E-state index contributed by atoms with van der Waals surface area (Å²) in [5, 5.41) is 10.1. The van der Waals surface area contributed by atoms with Crippen molar-refractivity contribution in [1.29, 1.82) is 5.26 Å². The minimum atomic E-state index is -4.51. The highest BCUT2D eigenvalue weighted by Gasteiger charge is 2.30. The maximum Gasteiger partial charge on any atom is 0.416 e. The lowest BCUT2D eigenvalue weighted by Crippen LogP contribution is -2.05. The van der Waals surface area contributed by atoms with E-state index in [1.54, 1.807) is 23.9 Å². The number of carbonyl (C=O) groups excluding carboxylic acids is 1. The number of aromatic nitrogens is 1. The SMILES string of the molecule is Cn1cc(C(=O)c2ccc(Cl)cc2Cl)cc1/C=C(\C#N)c1cccc(C(F)(F)F)c1. The van der Waals surface area contributed by atoms with Gasteiger partial charge in [-0.05, 0) is 48.0 Å². The Bertz CT molecular complexity index is 1200. The first-order valence-corrected chi connectivity index (χ1v) is 9.31. The molecule has 0 fully saturated rings. The van der Waals surface area contributed by atoms with E-state index in [1.807, 2.05) is 6.07 Å². The second-order valence-electron chi connectivity index (χ2n) is 6.47. The predicted molar refractivity (Wildman–Crippen MR) is 110 cm³/mol. The molecule has 152 valence electrons. The van der Waals surface area contributed by atoms with Crippen molar-refractivity contribution in [1.82, 2.24) is 4.57 Å². The van der Waals surface area contributed by atoms with Crippen LogP contribution in [0.1, 0.15) is 32.7 Å². The molecule has 0 saturated carbocycles. The molecule has 3 rings (SSSR count). The average molecular weight is 449 g/mol. The molecule has 0 bridgehead atoms. The third-order valence-corrected chi connectivity index (χ3v) is 4.94. The lowest BCUT2D eigenvalue weighted by Gasteiger charge is -2.08. The molecule has 1 heterocycles. The Hall–Kier alpha value is -3.01. The molecule has 0 amide bonds. The molecule has 0 N–H and O–H groups in total. The molecule has 30 heavy (non-hydrogen) atoms. The second kappa shape index (κ2) is 8.39. The number of rotatable bonds is 4. The van der Waals surface area contributed by atoms with Gasteiger partial charge in [-0.15, -0.1) is 0 Å². The van der Waals surface area contributed by atoms with Gasteiger partial charge in [0.15, 0.2) is 5.78 Å². The maximum absolute atomic E-state index is 13.0. The molecule has 0 aliphatic rings. The van der Waals surface area contributed by atoms with E-state index in [4.69, 9.17) is 23.2 Å². The van der Waals surface area contributed by atoms with Crippen molar-refractivity contribution in [3.63, 3.8) is 0 Å². The van der Waals surface area contributed by atoms with Gasteiger partial charge in [-0.2, -0.15) is 18.4 Å². The fourth-order valence-corrected chi connectivity index (χ4v) is 3.36. The summed E-state index contributed by atoms with van der Waals surface area (Å²) >= 11 is 12.0. The number of ketones is 1. The first kappa shape index (κ1) is 21.7. The van der Waals surface area contributed by atoms with Gasteiger partial charge in [-0.1, -0.05) is 35.3 Å². The Balaban J connectivity index is 1.99. The molecule has 1 aromatic heterocycles. The largest absolute Gasteiger partial charge is 0.416 e. The predicted octanol–water partition coefficient (Wildman–Crippen LogP) is 6.65. The van der Waals surface area contributed by atoms with Gasteiger partial charge in [0, 0.05) is 35.1 Å². The molecule has 0 unspecified atom stereocenters. The first-order chi connectivity index (χ1) is 14.1. The van der Waals surface area contributed by atoms with Crippen LogP contribution in [0.5, 0.6) is 0 Å². The summed E-state index contributed by atoms with van der Waals surface area (Å²) < 4.78 is 40.5. The van der Waals surface area contributed by atoms with Crippen molar-refractivity contribution in [2.45, 2.75) is 6.18 Å². The first-order valence-electron chi connectivity index (χ1n) is 8.55. The van der Waals surface area contributed by atoms with E-state index < -0.39 is 11.7 Å². The molecule has 0 atom stereocenters. The maximum atomic E-state index is 13.0. The smallest absolute Gasteiger partial charge is 0.350 e. The summed E-state index contributed by atoms with van der Waals surface area (Å²) in [4.78, 5) is 12.8. The Morgan fingerprint density at radius 2 is 1.83 bits per heavy atom. The standard InChI is InChI=1S/C22H13Cl2F3N2O/c1-29-12-15(21(30)19-6-5-17(23)10-20(19)24)9-18(29)8-14(11-28)13-3-2-4-16(7-13)22(25,26)27/h2-10,12H,1H3/b14-8+. The minimum Gasteiger partial charge on any atom is -0.350 e. The number of aryl methyl sites for hydroxylation is 1. The number of hydrogen-bond donors (Lipinski definition) is 0. The normalized spacial score (nSPS) is 12.0. The monoisotopic (exact) mass is 448 g/mol. The number of halogens is 5. The number of nitriles is 1. The van der Waals surface area contributed by atoms with Gasteiger partial charge in [0.1, 0.15) is 0 Å². The fourth-order valence-electron chi connectivity index (χ4n) is 2.87. The van der Waals surface area contributed by atoms with E-state index >= 15 is 0 Å². The van der Waals surface area contributed by atoms with Crippen molar-refractivity contribution >= 4 is 40.6 Å². The van der Waals surface area contributed by atoms with Gasteiger partial charge in [0.05, 0.1) is 22.2 Å². The molecule has 2 aromatic carbocycles. The zero-order valence-electron chi connectivity index (χ0n) is 15.5. The third-order valence-electron chi connectivity index (χ3n) is 4.39. The summed E-state index contributed by atoms with van der Waals surface area (Å²) in [7, 11) is 1.66. The van der Waals surface area contributed by atoms with Crippen LogP contribution in [0.2, 0.25) is 10.0 Å². The van der Waals surface area contributed by atoms with Crippen LogP contribution in [0.4, 0.5) is 13.2 Å². The quantitative estimate of drug-likeness (QED) is 0.331. The molecular weight excluding hydrogens is 436 g/mol. The van der Waals surface area contributed by atoms with Crippen molar-refractivity contribution in [3.05, 3.63) is 92.7 Å². The number of alkyl halides is 3. The van der Waals surface area contributed by atoms with Gasteiger partial charge >= 0.3 is 6.18 Å². The van der Waals surface area contributed by atoms with Gasteiger partial charge in [-0.25, -0.2) is 0 Å². The van der Waals surface area contributed by atoms with E-state index in [2.05, 4.69) is 0 Å². The Morgan fingerprint density at radius 3 is 2.47 bits per heavy atom. The summed E-state index contributed by atoms with van der Waals surface area (Å²) in [5.41, 5.74) is 0.363. The molecule has 0 aliphatic heterocycles. The van der Waals surface area contributed by atoms with E-state index in [-0.39, 0.29) is 27.5 Å². The topological polar surface area (TPSA) is 45.8 Å². The summed E-state index contributed by atoms with van der Waals surface area (Å²) in [5.74, 6) is -0.343. The minimum absolute atomic E-state index is 0.0332. The second-order valence-corrected chi connectivity index (χ2v) is 7.31. The van der Waals surface area contributed by atoms with Gasteiger partial charge in [0.2, 0.25) is 0 Å². The van der Waals surface area contributed by atoms with Crippen molar-refractivity contribution in [3.8, 4) is 6.07 Å². The van der Waals surface area contributed by atoms with E-state index in [0.717, 1.165) is 12.1 Å². The highest BCUT2D eigenvalue weighted by atomic mass is 35.5. The summed E-state index contributed by atoms with van der Waals surface area (Å²) in [6.45, 7) is 0. The zero-order valence-corrected chi connectivity index (χ0v) is 17.0. The number of benzene rings is 2. The molecule has 0 radical (unpaired) electrons. The van der Waals surface area contributed by atoms with Crippen molar-refractivity contribution < 1.29 is 18.0 Å². The van der Waals surface area contributed by atoms with E-state index in [0.29, 0.717) is 16.3 Å². The van der Waals surface area contributed by atoms with Gasteiger partial charge in [0.25, 0.3) is 0 Å².